The van der Waals surface area contributed by atoms with Crippen LogP contribution in [0.5, 0.6) is 0 Å². The molecule has 0 spiro atoms. The fourth-order valence-electron chi connectivity index (χ4n) is 2.81. The number of nitrogens with zero attached hydrogens (tertiary/aromatic N) is 3. The first kappa shape index (κ1) is 15.6. The Morgan fingerprint density at radius 2 is 1.70 bits per heavy atom. The number of hydrogen-bond acceptors (Lipinski definition) is 6. The standard InChI is InChI=1S/C14H16ClN3O3S2/c15-11-3-4-12(22-11)23(19,20)18-7-5-10(6-8-18)14-17-16-13(21-14)9-1-2-9/h3-4,9-10H,1-2,5-8H2. The van der Waals surface area contributed by atoms with Crippen LogP contribution in [0.2, 0.25) is 4.34 Å². The minimum Gasteiger partial charge on any atom is -0.425 e. The van der Waals surface area contributed by atoms with Crippen molar-refractivity contribution >= 4 is 33.0 Å². The van der Waals surface area contributed by atoms with Gasteiger partial charge in [-0.05, 0) is 37.8 Å². The van der Waals surface area contributed by atoms with Crippen molar-refractivity contribution in [3.05, 3.63) is 28.3 Å². The molecule has 0 radical (unpaired) electrons. The van der Waals surface area contributed by atoms with Crippen LogP contribution in [0, 0.1) is 0 Å². The molecule has 3 heterocycles. The van der Waals surface area contributed by atoms with E-state index in [0.29, 0.717) is 46.3 Å². The largest absolute Gasteiger partial charge is 0.425 e. The second-order valence-corrected chi connectivity index (χ2v) is 9.87. The topological polar surface area (TPSA) is 76.3 Å². The van der Waals surface area contributed by atoms with Crippen molar-refractivity contribution in [2.75, 3.05) is 13.1 Å². The van der Waals surface area contributed by atoms with E-state index >= 15 is 0 Å². The Morgan fingerprint density at radius 3 is 2.22 bits per heavy atom. The second-order valence-electron chi connectivity index (χ2n) is 5.99. The van der Waals surface area contributed by atoms with Crippen molar-refractivity contribution in [1.82, 2.24) is 14.5 Å². The summed E-state index contributed by atoms with van der Waals surface area (Å²) < 4.78 is 33.2. The molecule has 4 rings (SSSR count). The maximum Gasteiger partial charge on any atom is 0.252 e. The third kappa shape index (κ3) is 3.05. The summed E-state index contributed by atoms with van der Waals surface area (Å²) in [6.45, 7) is 0.924. The van der Waals surface area contributed by atoms with Crippen molar-refractivity contribution < 1.29 is 12.8 Å². The van der Waals surface area contributed by atoms with Crippen LogP contribution in [0.15, 0.2) is 20.8 Å². The fraction of sp³-hybridized carbons (Fsp3) is 0.571. The SMILES string of the molecule is O=S(=O)(c1ccc(Cl)s1)N1CCC(c2nnc(C3CC3)o2)CC1. The van der Waals surface area contributed by atoms with Crippen molar-refractivity contribution in [2.45, 2.75) is 41.7 Å². The van der Waals surface area contributed by atoms with Gasteiger partial charge in [0.1, 0.15) is 4.21 Å². The fourth-order valence-corrected chi connectivity index (χ4v) is 5.92. The van der Waals surface area contributed by atoms with E-state index in [1.807, 2.05) is 0 Å². The smallest absolute Gasteiger partial charge is 0.252 e. The molecule has 1 saturated heterocycles. The summed E-state index contributed by atoms with van der Waals surface area (Å²) in [4.78, 5) is 0. The van der Waals surface area contributed by atoms with Crippen LogP contribution in [0.4, 0.5) is 0 Å². The number of piperidine rings is 1. The second kappa shape index (κ2) is 5.84. The third-order valence-electron chi connectivity index (χ3n) is 4.33. The van der Waals surface area contributed by atoms with Gasteiger partial charge in [0.05, 0.1) is 4.34 Å². The molecular formula is C14H16ClN3O3S2. The molecular weight excluding hydrogens is 358 g/mol. The normalized spacial score (nSPS) is 20.9. The molecule has 1 saturated carbocycles. The maximum atomic E-state index is 12.6. The zero-order valence-corrected chi connectivity index (χ0v) is 14.7. The van der Waals surface area contributed by atoms with Crippen LogP contribution < -0.4 is 0 Å². The Kier molecular flexibility index (Phi) is 3.95. The molecule has 2 aliphatic rings. The Balaban J connectivity index is 1.43. The average molecular weight is 374 g/mol. The highest BCUT2D eigenvalue weighted by Gasteiger charge is 2.34. The first-order valence-electron chi connectivity index (χ1n) is 7.63. The summed E-state index contributed by atoms with van der Waals surface area (Å²) in [5.41, 5.74) is 0. The predicted molar refractivity (Wildman–Crippen MR) is 86.3 cm³/mol. The summed E-state index contributed by atoms with van der Waals surface area (Å²) in [5, 5.41) is 8.26. The van der Waals surface area contributed by atoms with Gasteiger partial charge in [0.2, 0.25) is 11.8 Å². The Hall–Kier alpha value is -0.960. The highest BCUT2D eigenvalue weighted by Crippen LogP contribution is 2.40. The van der Waals surface area contributed by atoms with Crippen LogP contribution in [0.25, 0.3) is 0 Å². The average Bonchev–Trinajstić information content (AvgIpc) is 3.10. The Labute approximate surface area is 143 Å². The van der Waals surface area contributed by atoms with E-state index in [0.717, 1.165) is 30.1 Å². The molecule has 1 aliphatic carbocycles. The lowest BCUT2D eigenvalue weighted by molar-refractivity contribution is 0.287. The van der Waals surface area contributed by atoms with Crippen molar-refractivity contribution in [3.8, 4) is 0 Å². The Morgan fingerprint density at radius 1 is 1.09 bits per heavy atom. The lowest BCUT2D eigenvalue weighted by Crippen LogP contribution is -2.37. The van der Waals surface area contributed by atoms with Gasteiger partial charge in [-0.2, -0.15) is 4.31 Å². The Bertz CT molecular complexity index is 805. The van der Waals surface area contributed by atoms with Crippen molar-refractivity contribution in [2.24, 2.45) is 0 Å². The molecule has 0 atom stereocenters. The summed E-state index contributed by atoms with van der Waals surface area (Å²) in [6, 6.07) is 3.18. The molecule has 0 aromatic carbocycles. The highest BCUT2D eigenvalue weighted by atomic mass is 35.5. The maximum absolute atomic E-state index is 12.6. The van der Waals surface area contributed by atoms with E-state index in [1.54, 1.807) is 12.1 Å². The van der Waals surface area contributed by atoms with E-state index in [-0.39, 0.29) is 5.92 Å². The molecule has 0 amide bonds. The predicted octanol–water partition coefficient (Wildman–Crippen LogP) is 3.23. The molecule has 0 N–H and O–H groups in total. The van der Waals surface area contributed by atoms with Crippen molar-refractivity contribution in [3.63, 3.8) is 0 Å². The molecule has 1 aliphatic heterocycles. The summed E-state index contributed by atoms with van der Waals surface area (Å²) in [5.74, 6) is 1.99. The lowest BCUT2D eigenvalue weighted by atomic mass is 9.98. The zero-order valence-electron chi connectivity index (χ0n) is 12.3. The van der Waals surface area contributed by atoms with Gasteiger partial charge >= 0.3 is 0 Å². The van der Waals surface area contributed by atoms with Crippen molar-refractivity contribution in [1.29, 1.82) is 0 Å². The van der Waals surface area contributed by atoms with Crippen LogP contribution in [0.3, 0.4) is 0 Å². The van der Waals surface area contributed by atoms with Gasteiger partial charge in [-0.25, -0.2) is 8.42 Å². The molecule has 0 unspecified atom stereocenters. The minimum atomic E-state index is -3.44. The van der Waals surface area contributed by atoms with Gasteiger partial charge in [0, 0.05) is 24.9 Å². The van der Waals surface area contributed by atoms with Gasteiger partial charge in [0.25, 0.3) is 10.0 Å². The van der Waals surface area contributed by atoms with Crippen LogP contribution in [0.1, 0.15) is 49.3 Å². The summed E-state index contributed by atoms with van der Waals surface area (Å²) >= 11 is 6.94. The van der Waals surface area contributed by atoms with E-state index < -0.39 is 10.0 Å². The molecule has 23 heavy (non-hydrogen) atoms. The van der Waals surface area contributed by atoms with Crippen LogP contribution in [-0.2, 0) is 10.0 Å². The highest BCUT2D eigenvalue weighted by molar-refractivity contribution is 7.91. The number of hydrogen-bond donors (Lipinski definition) is 0. The van der Waals surface area contributed by atoms with Crippen LogP contribution >= 0.6 is 22.9 Å². The molecule has 2 aromatic heterocycles. The van der Waals surface area contributed by atoms with Gasteiger partial charge < -0.3 is 4.42 Å². The van der Waals surface area contributed by atoms with E-state index in [1.165, 1.54) is 4.31 Å². The molecule has 2 fully saturated rings. The zero-order chi connectivity index (χ0) is 16.0. The lowest BCUT2D eigenvalue weighted by Gasteiger charge is -2.29. The number of aromatic nitrogens is 2. The number of thiophene rings is 1. The van der Waals surface area contributed by atoms with E-state index in [4.69, 9.17) is 16.0 Å². The van der Waals surface area contributed by atoms with E-state index in [2.05, 4.69) is 10.2 Å². The quantitative estimate of drug-likeness (QED) is 0.822. The number of halogens is 1. The van der Waals surface area contributed by atoms with Gasteiger partial charge in [-0.15, -0.1) is 21.5 Å². The van der Waals surface area contributed by atoms with Gasteiger partial charge in [-0.1, -0.05) is 11.6 Å². The molecule has 124 valence electrons. The minimum absolute atomic E-state index is 0.147. The first-order valence-corrected chi connectivity index (χ1v) is 10.3. The number of sulfonamides is 1. The molecule has 2 aromatic rings. The van der Waals surface area contributed by atoms with Gasteiger partial charge in [0.15, 0.2) is 0 Å². The van der Waals surface area contributed by atoms with Crippen LogP contribution in [-0.4, -0.2) is 36.0 Å². The monoisotopic (exact) mass is 373 g/mol. The van der Waals surface area contributed by atoms with E-state index in [9.17, 15) is 8.42 Å². The summed E-state index contributed by atoms with van der Waals surface area (Å²) in [7, 11) is -3.44. The number of rotatable bonds is 4. The third-order valence-corrected chi connectivity index (χ3v) is 7.93. The first-order chi connectivity index (χ1) is 11.0. The summed E-state index contributed by atoms with van der Waals surface area (Å²) in [6.07, 6.45) is 3.65. The van der Waals surface area contributed by atoms with Gasteiger partial charge in [-0.3, -0.25) is 0 Å². The molecule has 0 bridgehead atoms. The molecule has 6 nitrogen and oxygen atoms in total. The molecule has 9 heteroatoms.